The van der Waals surface area contributed by atoms with Crippen molar-refractivity contribution in [2.45, 2.75) is 46.5 Å². The van der Waals surface area contributed by atoms with Gasteiger partial charge in [-0.3, -0.25) is 9.48 Å². The van der Waals surface area contributed by atoms with Crippen molar-refractivity contribution in [1.29, 1.82) is 0 Å². The fourth-order valence-corrected chi connectivity index (χ4v) is 2.48. The number of likely N-dealkylation sites (tertiary alicyclic amines) is 1. The second-order valence-electron chi connectivity index (χ2n) is 7.43. The first-order valence-corrected chi connectivity index (χ1v) is 6.94. The van der Waals surface area contributed by atoms with Crippen LogP contribution in [-0.4, -0.2) is 33.7 Å². The highest BCUT2D eigenvalue weighted by Gasteiger charge is 2.34. The van der Waals surface area contributed by atoms with Gasteiger partial charge in [0.1, 0.15) is 5.69 Å². The van der Waals surface area contributed by atoms with Crippen LogP contribution in [0.5, 0.6) is 0 Å². The molecule has 0 spiro atoms. The molecule has 1 fully saturated rings. The number of carbonyl (C=O) groups is 1. The minimum Gasteiger partial charge on any atom is -0.337 e. The number of rotatable bonds is 1. The summed E-state index contributed by atoms with van der Waals surface area (Å²) >= 11 is 0. The van der Waals surface area contributed by atoms with E-state index in [0.29, 0.717) is 5.69 Å². The zero-order valence-electron chi connectivity index (χ0n) is 12.9. The van der Waals surface area contributed by atoms with Crippen molar-refractivity contribution < 1.29 is 4.79 Å². The number of hydrogen-bond donors (Lipinski definition) is 0. The van der Waals surface area contributed by atoms with Gasteiger partial charge in [0.25, 0.3) is 5.91 Å². The van der Waals surface area contributed by atoms with E-state index in [1.54, 1.807) is 4.68 Å². The maximum Gasteiger partial charge on any atom is 0.272 e. The van der Waals surface area contributed by atoms with Gasteiger partial charge in [-0.15, -0.1) is 0 Å². The van der Waals surface area contributed by atoms with Crippen molar-refractivity contribution in [1.82, 2.24) is 14.7 Å². The molecule has 0 N–H and O–H groups in total. The van der Waals surface area contributed by atoms with Crippen LogP contribution in [-0.2, 0) is 12.5 Å². The first-order valence-electron chi connectivity index (χ1n) is 6.94. The highest BCUT2D eigenvalue weighted by molar-refractivity contribution is 5.93. The molecule has 0 atom stereocenters. The molecular weight excluding hydrogens is 238 g/mol. The van der Waals surface area contributed by atoms with E-state index >= 15 is 0 Å². The third kappa shape index (κ3) is 2.82. The minimum atomic E-state index is -0.0272. The van der Waals surface area contributed by atoms with Gasteiger partial charge in [-0.25, -0.2) is 0 Å². The molecule has 4 nitrogen and oxygen atoms in total. The molecule has 1 aromatic heterocycles. The molecule has 106 valence electrons. The lowest BCUT2D eigenvalue weighted by Crippen LogP contribution is -2.31. The number of nitrogens with zero attached hydrogens (tertiary/aromatic N) is 3. The van der Waals surface area contributed by atoms with Crippen LogP contribution in [0.15, 0.2) is 6.07 Å². The molecule has 0 aliphatic carbocycles. The van der Waals surface area contributed by atoms with Gasteiger partial charge in [0, 0.05) is 25.6 Å². The Morgan fingerprint density at radius 1 is 1.37 bits per heavy atom. The predicted octanol–water partition coefficient (Wildman–Crippen LogP) is 2.59. The molecule has 2 rings (SSSR count). The highest BCUT2D eigenvalue weighted by Crippen LogP contribution is 2.30. The third-order valence-corrected chi connectivity index (χ3v) is 3.83. The van der Waals surface area contributed by atoms with E-state index in [1.807, 2.05) is 18.0 Å². The SMILES string of the molecule is Cn1nc(C(C)(C)C)cc1C(=O)N1CCC(C)(C)C1. The van der Waals surface area contributed by atoms with Crippen molar-refractivity contribution >= 4 is 5.91 Å². The topological polar surface area (TPSA) is 38.1 Å². The number of aromatic nitrogens is 2. The van der Waals surface area contributed by atoms with Gasteiger partial charge in [0.05, 0.1) is 5.69 Å². The van der Waals surface area contributed by atoms with E-state index in [9.17, 15) is 4.79 Å². The number of amides is 1. The molecule has 0 aromatic carbocycles. The smallest absolute Gasteiger partial charge is 0.272 e. The maximum atomic E-state index is 12.6. The van der Waals surface area contributed by atoms with Crippen molar-refractivity contribution in [2.24, 2.45) is 12.5 Å². The molecule has 1 saturated heterocycles. The Bertz CT molecular complexity index is 494. The largest absolute Gasteiger partial charge is 0.337 e. The van der Waals surface area contributed by atoms with Gasteiger partial charge in [-0.1, -0.05) is 34.6 Å². The summed E-state index contributed by atoms with van der Waals surface area (Å²) in [7, 11) is 1.85. The van der Waals surface area contributed by atoms with Crippen LogP contribution in [0.4, 0.5) is 0 Å². The highest BCUT2D eigenvalue weighted by atomic mass is 16.2. The van der Waals surface area contributed by atoms with Crippen LogP contribution >= 0.6 is 0 Å². The predicted molar refractivity (Wildman–Crippen MR) is 76.2 cm³/mol. The summed E-state index contributed by atoms with van der Waals surface area (Å²) in [6.45, 7) is 12.5. The fraction of sp³-hybridized carbons (Fsp3) is 0.733. The molecule has 0 saturated carbocycles. The summed E-state index contributed by atoms with van der Waals surface area (Å²) in [5.74, 6) is 0.107. The Morgan fingerprint density at radius 2 is 2.00 bits per heavy atom. The van der Waals surface area contributed by atoms with Gasteiger partial charge in [0.15, 0.2) is 0 Å². The molecule has 1 aliphatic rings. The van der Waals surface area contributed by atoms with Crippen LogP contribution in [0.25, 0.3) is 0 Å². The molecule has 1 amide bonds. The molecule has 19 heavy (non-hydrogen) atoms. The molecule has 4 heteroatoms. The van der Waals surface area contributed by atoms with Crippen LogP contribution in [0.2, 0.25) is 0 Å². The first kappa shape index (κ1) is 14.1. The summed E-state index contributed by atoms with van der Waals surface area (Å²) in [5, 5.41) is 4.48. The van der Waals surface area contributed by atoms with Crippen molar-refractivity contribution in [2.75, 3.05) is 13.1 Å². The van der Waals surface area contributed by atoms with E-state index in [0.717, 1.165) is 25.2 Å². The summed E-state index contributed by atoms with van der Waals surface area (Å²) in [6, 6.07) is 1.94. The van der Waals surface area contributed by atoms with Gasteiger partial charge in [-0.2, -0.15) is 5.10 Å². The second-order valence-corrected chi connectivity index (χ2v) is 7.43. The zero-order valence-corrected chi connectivity index (χ0v) is 12.9. The van der Waals surface area contributed by atoms with E-state index in [-0.39, 0.29) is 16.7 Å². The zero-order chi connectivity index (χ0) is 14.4. The minimum absolute atomic E-state index is 0.0272. The monoisotopic (exact) mass is 263 g/mol. The molecule has 0 bridgehead atoms. The van der Waals surface area contributed by atoms with Gasteiger partial charge in [0.2, 0.25) is 0 Å². The van der Waals surface area contributed by atoms with Crippen LogP contribution in [0, 0.1) is 5.41 Å². The molecule has 0 radical (unpaired) electrons. The molecule has 0 unspecified atom stereocenters. The van der Waals surface area contributed by atoms with Crippen molar-refractivity contribution in [3.05, 3.63) is 17.5 Å². The summed E-state index contributed by atoms with van der Waals surface area (Å²) in [6.07, 6.45) is 1.07. The van der Waals surface area contributed by atoms with Gasteiger partial charge in [-0.05, 0) is 17.9 Å². The molecule has 2 heterocycles. The average molecular weight is 263 g/mol. The quantitative estimate of drug-likeness (QED) is 0.781. The van der Waals surface area contributed by atoms with Crippen LogP contribution in [0.1, 0.15) is 57.2 Å². The lowest BCUT2D eigenvalue weighted by molar-refractivity contribution is 0.0767. The maximum absolute atomic E-state index is 12.6. The standard InChI is InChI=1S/C15H25N3O/c1-14(2,3)12-9-11(17(6)16-12)13(19)18-8-7-15(4,5)10-18/h9H,7-8,10H2,1-6H3. The van der Waals surface area contributed by atoms with Crippen LogP contribution < -0.4 is 0 Å². The Balaban J connectivity index is 2.23. The van der Waals surface area contributed by atoms with Gasteiger partial charge >= 0.3 is 0 Å². The second kappa shape index (κ2) is 4.36. The normalized spacial score (nSPS) is 18.9. The third-order valence-electron chi connectivity index (χ3n) is 3.83. The van der Waals surface area contributed by atoms with E-state index in [4.69, 9.17) is 0 Å². The van der Waals surface area contributed by atoms with E-state index < -0.39 is 0 Å². The van der Waals surface area contributed by atoms with E-state index in [1.165, 1.54) is 0 Å². The van der Waals surface area contributed by atoms with Crippen molar-refractivity contribution in [3.8, 4) is 0 Å². The number of carbonyl (C=O) groups excluding carboxylic acids is 1. The Kier molecular flexibility index (Phi) is 3.23. The Hall–Kier alpha value is -1.32. The van der Waals surface area contributed by atoms with E-state index in [2.05, 4.69) is 39.7 Å². The molecule has 1 aromatic rings. The lowest BCUT2D eigenvalue weighted by atomic mass is 9.92. The first-order chi connectivity index (χ1) is 8.60. The Morgan fingerprint density at radius 3 is 2.42 bits per heavy atom. The fourth-order valence-electron chi connectivity index (χ4n) is 2.48. The summed E-state index contributed by atoms with van der Waals surface area (Å²) < 4.78 is 1.72. The average Bonchev–Trinajstić information content (AvgIpc) is 2.80. The lowest BCUT2D eigenvalue weighted by Gasteiger charge is -2.19. The number of aryl methyl sites for hydroxylation is 1. The van der Waals surface area contributed by atoms with Crippen molar-refractivity contribution in [3.63, 3.8) is 0 Å². The summed E-state index contributed by atoms with van der Waals surface area (Å²) in [5.41, 5.74) is 1.88. The summed E-state index contributed by atoms with van der Waals surface area (Å²) in [4.78, 5) is 14.5. The van der Waals surface area contributed by atoms with Crippen LogP contribution in [0.3, 0.4) is 0 Å². The molecular formula is C15H25N3O. The number of hydrogen-bond acceptors (Lipinski definition) is 2. The Labute approximate surface area is 115 Å². The molecule has 1 aliphatic heterocycles. The van der Waals surface area contributed by atoms with Gasteiger partial charge < -0.3 is 4.90 Å².